The second-order valence-electron chi connectivity index (χ2n) is 4.85. The van der Waals surface area contributed by atoms with Gasteiger partial charge >= 0.3 is 0 Å². The van der Waals surface area contributed by atoms with Crippen LogP contribution in [0, 0.1) is 11.3 Å². The van der Waals surface area contributed by atoms with Crippen LogP contribution in [0.25, 0.3) is 20.9 Å². The molecule has 4 rings (SSSR count). The van der Waals surface area contributed by atoms with Gasteiger partial charge in [-0.25, -0.2) is 15.0 Å². The molecule has 0 N–H and O–H groups in total. The van der Waals surface area contributed by atoms with Crippen molar-refractivity contribution in [2.75, 3.05) is 0 Å². The molecule has 0 aliphatic heterocycles. The van der Waals surface area contributed by atoms with Gasteiger partial charge in [0, 0.05) is 11.8 Å². The van der Waals surface area contributed by atoms with Gasteiger partial charge in [-0.15, -0.1) is 12.4 Å². The lowest BCUT2D eigenvalue weighted by Crippen LogP contribution is -1.89. The van der Waals surface area contributed by atoms with E-state index in [2.05, 4.69) is 26.0 Å². The molecule has 0 aliphatic rings. The highest BCUT2D eigenvalue weighted by atomic mass is 35.5. The van der Waals surface area contributed by atoms with E-state index in [-0.39, 0.29) is 12.4 Å². The lowest BCUT2D eigenvalue weighted by atomic mass is 10.1. The number of aromatic nitrogens is 4. The molecule has 0 amide bonds. The first-order valence-electron chi connectivity index (χ1n) is 7.02. The molecule has 0 radical (unpaired) electrons. The van der Waals surface area contributed by atoms with Crippen molar-refractivity contribution in [3.63, 3.8) is 0 Å². The van der Waals surface area contributed by atoms with Crippen LogP contribution >= 0.6 is 23.7 Å². The first-order valence-corrected chi connectivity index (χ1v) is 7.84. The van der Waals surface area contributed by atoms with Crippen LogP contribution in [0.4, 0.5) is 0 Å². The van der Waals surface area contributed by atoms with Gasteiger partial charge < -0.3 is 4.74 Å². The number of nitriles is 1. The molecule has 0 saturated carbocycles. The number of benzene rings is 1. The second kappa shape index (κ2) is 7.21. The maximum Gasteiger partial charge on any atom is 0.147 e. The number of halogens is 1. The molecular formula is C17H10ClN5OS. The average molecular weight is 368 g/mol. The van der Waals surface area contributed by atoms with Gasteiger partial charge in [0.25, 0.3) is 0 Å². The van der Waals surface area contributed by atoms with Crippen molar-refractivity contribution >= 4 is 34.1 Å². The number of thiazole rings is 1. The third-order valence-electron chi connectivity index (χ3n) is 3.28. The minimum atomic E-state index is 0. The fourth-order valence-electron chi connectivity index (χ4n) is 2.19. The van der Waals surface area contributed by atoms with Gasteiger partial charge in [0.15, 0.2) is 0 Å². The summed E-state index contributed by atoms with van der Waals surface area (Å²) in [4.78, 5) is 17.5. The van der Waals surface area contributed by atoms with Crippen LogP contribution in [0.1, 0.15) is 5.56 Å². The molecule has 0 unspecified atom stereocenters. The molecule has 25 heavy (non-hydrogen) atoms. The van der Waals surface area contributed by atoms with Crippen LogP contribution in [-0.4, -0.2) is 19.9 Å². The number of rotatable bonds is 3. The van der Waals surface area contributed by atoms with Gasteiger partial charge in [-0.3, -0.25) is 4.98 Å². The summed E-state index contributed by atoms with van der Waals surface area (Å²) in [6.45, 7) is 0. The Morgan fingerprint density at radius 3 is 2.80 bits per heavy atom. The summed E-state index contributed by atoms with van der Waals surface area (Å²) in [7, 11) is 0. The molecule has 122 valence electrons. The zero-order valence-corrected chi connectivity index (χ0v) is 14.3. The Hall–Kier alpha value is -3.08. The minimum absolute atomic E-state index is 0. The SMILES string of the molecule is Cl.N#Cc1cc(-c2nc3cncnc3s2)ccc1Oc1cccnc1. The van der Waals surface area contributed by atoms with E-state index in [1.165, 1.54) is 17.7 Å². The zero-order chi connectivity index (χ0) is 16.4. The lowest BCUT2D eigenvalue weighted by molar-refractivity contribution is 0.479. The summed E-state index contributed by atoms with van der Waals surface area (Å²) in [6.07, 6.45) is 6.43. The first-order chi connectivity index (χ1) is 11.8. The van der Waals surface area contributed by atoms with Gasteiger partial charge in [-0.05, 0) is 30.3 Å². The molecule has 6 nitrogen and oxygen atoms in total. The molecule has 0 saturated heterocycles. The van der Waals surface area contributed by atoms with Crippen molar-refractivity contribution in [2.24, 2.45) is 0 Å². The summed E-state index contributed by atoms with van der Waals surface area (Å²) in [6, 6.07) is 11.1. The largest absolute Gasteiger partial charge is 0.454 e. The van der Waals surface area contributed by atoms with Crippen LogP contribution in [0.15, 0.2) is 55.2 Å². The van der Waals surface area contributed by atoms with Crippen LogP contribution in [0.2, 0.25) is 0 Å². The van der Waals surface area contributed by atoms with Crippen molar-refractivity contribution in [2.45, 2.75) is 0 Å². The molecule has 3 heterocycles. The number of ether oxygens (including phenoxy) is 1. The van der Waals surface area contributed by atoms with E-state index in [1.807, 2.05) is 6.07 Å². The fourth-order valence-corrected chi connectivity index (χ4v) is 3.06. The number of fused-ring (bicyclic) bond motifs is 1. The highest BCUT2D eigenvalue weighted by Gasteiger charge is 2.11. The van der Waals surface area contributed by atoms with Gasteiger partial charge in [0.1, 0.15) is 39.3 Å². The Balaban J connectivity index is 0.00000182. The van der Waals surface area contributed by atoms with Gasteiger partial charge in [-0.2, -0.15) is 5.26 Å². The molecule has 0 spiro atoms. The van der Waals surface area contributed by atoms with E-state index in [4.69, 9.17) is 4.74 Å². The normalized spacial score (nSPS) is 10.0. The fraction of sp³-hybridized carbons (Fsp3) is 0. The van der Waals surface area contributed by atoms with Crippen LogP contribution in [-0.2, 0) is 0 Å². The maximum atomic E-state index is 9.42. The Labute approximate surface area is 153 Å². The van der Waals surface area contributed by atoms with Gasteiger partial charge in [0.2, 0.25) is 0 Å². The second-order valence-corrected chi connectivity index (χ2v) is 5.82. The summed E-state index contributed by atoms with van der Waals surface area (Å²) in [5, 5.41) is 10.2. The standard InChI is InChI=1S/C17H9N5OS.ClH/c18-7-12-6-11(16-22-14-9-20-10-21-17(14)24-16)3-4-15(12)23-13-2-1-5-19-8-13;/h1-6,8-10H;1H. The third-order valence-corrected chi connectivity index (χ3v) is 4.31. The van der Waals surface area contributed by atoms with Crippen molar-refractivity contribution in [3.05, 3.63) is 60.8 Å². The molecule has 1 aromatic carbocycles. The smallest absolute Gasteiger partial charge is 0.147 e. The Morgan fingerprint density at radius 2 is 2.04 bits per heavy atom. The van der Waals surface area contributed by atoms with Crippen LogP contribution < -0.4 is 4.74 Å². The van der Waals surface area contributed by atoms with Gasteiger partial charge in [-0.1, -0.05) is 11.3 Å². The average Bonchev–Trinajstić information content (AvgIpc) is 3.07. The van der Waals surface area contributed by atoms with Crippen molar-refractivity contribution in [1.29, 1.82) is 5.26 Å². The molecule has 3 aromatic heterocycles. The van der Waals surface area contributed by atoms with Crippen molar-refractivity contribution < 1.29 is 4.74 Å². The molecule has 0 bridgehead atoms. The molecule has 0 atom stereocenters. The van der Waals surface area contributed by atoms with Gasteiger partial charge in [0.05, 0.1) is 18.0 Å². The number of hydrogen-bond donors (Lipinski definition) is 0. The van der Waals surface area contributed by atoms with E-state index in [0.29, 0.717) is 17.1 Å². The molecular weight excluding hydrogens is 358 g/mol. The number of pyridine rings is 1. The lowest BCUT2D eigenvalue weighted by Gasteiger charge is -2.07. The molecule has 8 heteroatoms. The van der Waals surface area contributed by atoms with E-state index in [1.54, 1.807) is 42.9 Å². The number of nitrogens with zero attached hydrogens (tertiary/aromatic N) is 5. The number of hydrogen-bond acceptors (Lipinski definition) is 7. The minimum Gasteiger partial charge on any atom is -0.454 e. The monoisotopic (exact) mass is 367 g/mol. The molecule has 0 fully saturated rings. The highest BCUT2D eigenvalue weighted by molar-refractivity contribution is 7.21. The van der Waals surface area contributed by atoms with Crippen molar-refractivity contribution in [3.8, 4) is 28.1 Å². The Morgan fingerprint density at radius 1 is 1.12 bits per heavy atom. The maximum absolute atomic E-state index is 9.42. The molecule has 0 aliphatic carbocycles. The summed E-state index contributed by atoms with van der Waals surface area (Å²) in [5.41, 5.74) is 2.02. The van der Waals surface area contributed by atoms with E-state index >= 15 is 0 Å². The Bertz CT molecular complexity index is 1030. The highest BCUT2D eigenvalue weighted by Crippen LogP contribution is 2.32. The van der Waals surface area contributed by atoms with Crippen LogP contribution in [0.3, 0.4) is 0 Å². The van der Waals surface area contributed by atoms with Crippen LogP contribution in [0.5, 0.6) is 11.5 Å². The predicted octanol–water partition coefficient (Wildman–Crippen LogP) is 4.23. The third kappa shape index (κ3) is 3.40. The van der Waals surface area contributed by atoms with Crippen molar-refractivity contribution in [1.82, 2.24) is 19.9 Å². The predicted molar refractivity (Wildman–Crippen MR) is 96.9 cm³/mol. The summed E-state index contributed by atoms with van der Waals surface area (Å²) < 4.78 is 5.73. The molecule has 4 aromatic rings. The Kier molecular flexibility index (Phi) is 4.84. The summed E-state index contributed by atoms with van der Waals surface area (Å²) >= 11 is 1.46. The summed E-state index contributed by atoms with van der Waals surface area (Å²) in [5.74, 6) is 1.06. The van der Waals surface area contributed by atoms with E-state index < -0.39 is 0 Å². The van der Waals surface area contributed by atoms with E-state index in [0.717, 1.165) is 20.9 Å². The zero-order valence-electron chi connectivity index (χ0n) is 12.7. The topological polar surface area (TPSA) is 84.6 Å². The van der Waals surface area contributed by atoms with E-state index in [9.17, 15) is 5.26 Å². The quantitative estimate of drug-likeness (QED) is 0.538. The first kappa shape index (κ1) is 16.8.